The summed E-state index contributed by atoms with van der Waals surface area (Å²) in [5.74, 6) is -0.802. The standard InChI is InChI=1S/C14H15NO3/c1-15-12-7-6-10(4-2-3-5-14(17)18)8-11(12)9-13(15)16/h3,5-8H,2,4,9H2,1H3,(H,17,18)/b5-3+. The van der Waals surface area contributed by atoms with Crippen LogP contribution in [0.15, 0.2) is 30.4 Å². The number of aryl methyl sites for hydroxylation is 1. The molecule has 0 radical (unpaired) electrons. The normalized spacial score (nSPS) is 14.3. The summed E-state index contributed by atoms with van der Waals surface area (Å²) in [5.41, 5.74) is 3.17. The Morgan fingerprint density at radius 1 is 1.50 bits per heavy atom. The molecule has 0 bridgehead atoms. The number of nitrogens with zero attached hydrogens (tertiary/aromatic N) is 1. The summed E-state index contributed by atoms with van der Waals surface area (Å²) in [6, 6.07) is 5.98. The van der Waals surface area contributed by atoms with Crippen LogP contribution in [0.1, 0.15) is 17.5 Å². The largest absolute Gasteiger partial charge is 0.478 e. The van der Waals surface area contributed by atoms with Crippen molar-refractivity contribution in [2.75, 3.05) is 11.9 Å². The van der Waals surface area contributed by atoms with Gasteiger partial charge in [0.15, 0.2) is 0 Å². The number of carboxylic acid groups (broad SMARTS) is 1. The first kappa shape index (κ1) is 12.4. The van der Waals surface area contributed by atoms with E-state index in [1.54, 1.807) is 18.0 Å². The number of aliphatic carboxylic acids is 1. The summed E-state index contributed by atoms with van der Waals surface area (Å²) in [7, 11) is 1.78. The van der Waals surface area contributed by atoms with Gasteiger partial charge >= 0.3 is 5.97 Å². The second-order valence-corrected chi connectivity index (χ2v) is 4.37. The van der Waals surface area contributed by atoms with Crippen LogP contribution in [0.25, 0.3) is 0 Å². The van der Waals surface area contributed by atoms with E-state index in [0.29, 0.717) is 12.8 Å². The van der Waals surface area contributed by atoms with Crippen molar-refractivity contribution in [3.8, 4) is 0 Å². The molecule has 1 aliphatic heterocycles. The van der Waals surface area contributed by atoms with Crippen LogP contribution in [-0.2, 0) is 22.4 Å². The number of hydrogen-bond donors (Lipinski definition) is 1. The number of allylic oxidation sites excluding steroid dienone is 1. The molecule has 0 saturated carbocycles. The highest BCUT2D eigenvalue weighted by Crippen LogP contribution is 2.28. The summed E-state index contributed by atoms with van der Waals surface area (Å²) in [4.78, 5) is 23.5. The monoisotopic (exact) mass is 245 g/mol. The van der Waals surface area contributed by atoms with Crippen LogP contribution in [0.5, 0.6) is 0 Å². The molecule has 4 heteroatoms. The molecule has 0 unspecified atom stereocenters. The Balaban J connectivity index is 2.03. The van der Waals surface area contributed by atoms with Crippen molar-refractivity contribution in [1.82, 2.24) is 0 Å². The van der Waals surface area contributed by atoms with Crippen LogP contribution in [0.3, 0.4) is 0 Å². The molecule has 1 heterocycles. The minimum absolute atomic E-state index is 0.118. The number of hydrogen-bond acceptors (Lipinski definition) is 2. The molecule has 1 aromatic carbocycles. The van der Waals surface area contributed by atoms with Gasteiger partial charge in [-0.1, -0.05) is 18.2 Å². The lowest BCUT2D eigenvalue weighted by atomic mass is 10.0. The molecule has 0 fully saturated rings. The van der Waals surface area contributed by atoms with Crippen LogP contribution < -0.4 is 4.90 Å². The molecule has 1 aliphatic rings. The van der Waals surface area contributed by atoms with Gasteiger partial charge in [0.25, 0.3) is 0 Å². The molecular formula is C14H15NO3. The summed E-state index contributed by atoms with van der Waals surface area (Å²) < 4.78 is 0. The van der Waals surface area contributed by atoms with E-state index in [2.05, 4.69) is 0 Å². The first-order chi connectivity index (χ1) is 8.58. The van der Waals surface area contributed by atoms with Gasteiger partial charge in [0.2, 0.25) is 5.91 Å². The van der Waals surface area contributed by atoms with Crippen LogP contribution in [-0.4, -0.2) is 24.0 Å². The van der Waals surface area contributed by atoms with Crippen LogP contribution in [0.4, 0.5) is 5.69 Å². The molecule has 0 spiro atoms. The second kappa shape index (κ2) is 5.04. The Morgan fingerprint density at radius 3 is 3.00 bits per heavy atom. The molecule has 0 saturated heterocycles. The molecule has 0 aliphatic carbocycles. The zero-order chi connectivity index (χ0) is 13.1. The predicted molar refractivity (Wildman–Crippen MR) is 68.7 cm³/mol. The van der Waals surface area contributed by atoms with Gasteiger partial charge in [-0.2, -0.15) is 0 Å². The third-order valence-electron chi connectivity index (χ3n) is 3.08. The van der Waals surface area contributed by atoms with E-state index in [0.717, 1.165) is 29.3 Å². The van der Waals surface area contributed by atoms with E-state index in [9.17, 15) is 9.59 Å². The Bertz CT molecular complexity index is 520. The van der Waals surface area contributed by atoms with Crippen LogP contribution in [0.2, 0.25) is 0 Å². The zero-order valence-electron chi connectivity index (χ0n) is 10.2. The average Bonchev–Trinajstić information content (AvgIpc) is 2.60. The number of rotatable bonds is 4. The molecular weight excluding hydrogens is 230 g/mol. The summed E-state index contributed by atoms with van der Waals surface area (Å²) in [6.45, 7) is 0. The Labute approximate surface area is 106 Å². The van der Waals surface area contributed by atoms with E-state index in [4.69, 9.17) is 5.11 Å². The van der Waals surface area contributed by atoms with Gasteiger partial charge in [0, 0.05) is 18.8 Å². The number of carboxylic acids is 1. The molecule has 1 N–H and O–H groups in total. The Morgan fingerprint density at radius 2 is 2.28 bits per heavy atom. The number of anilines is 1. The average molecular weight is 245 g/mol. The van der Waals surface area contributed by atoms with Gasteiger partial charge < -0.3 is 10.0 Å². The van der Waals surface area contributed by atoms with Crippen molar-refractivity contribution < 1.29 is 14.7 Å². The predicted octanol–water partition coefficient (Wildman–Crippen LogP) is 1.78. The number of likely N-dealkylation sites (N-methyl/N-ethyl adjacent to an activating group) is 1. The molecule has 0 aromatic heterocycles. The third kappa shape index (κ3) is 2.59. The fraction of sp³-hybridized carbons (Fsp3) is 0.286. The summed E-state index contributed by atoms with van der Waals surface area (Å²) >= 11 is 0. The molecule has 4 nitrogen and oxygen atoms in total. The number of fused-ring (bicyclic) bond motifs is 1. The first-order valence-electron chi connectivity index (χ1n) is 5.86. The Kier molecular flexibility index (Phi) is 3.46. The van der Waals surface area contributed by atoms with Gasteiger partial charge in [-0.15, -0.1) is 0 Å². The minimum atomic E-state index is -0.920. The smallest absolute Gasteiger partial charge is 0.327 e. The highest BCUT2D eigenvalue weighted by atomic mass is 16.4. The molecule has 2 rings (SSSR count). The molecule has 1 amide bonds. The number of benzene rings is 1. The van der Waals surface area contributed by atoms with Crippen LogP contribution in [0, 0.1) is 0 Å². The van der Waals surface area contributed by atoms with Gasteiger partial charge in [-0.05, 0) is 30.0 Å². The molecule has 94 valence electrons. The lowest BCUT2D eigenvalue weighted by Crippen LogP contribution is -2.20. The van der Waals surface area contributed by atoms with Crippen molar-refractivity contribution in [3.63, 3.8) is 0 Å². The third-order valence-corrected chi connectivity index (χ3v) is 3.08. The van der Waals surface area contributed by atoms with Crippen molar-refractivity contribution >= 4 is 17.6 Å². The van der Waals surface area contributed by atoms with Crippen molar-refractivity contribution in [3.05, 3.63) is 41.5 Å². The van der Waals surface area contributed by atoms with Crippen molar-refractivity contribution in [2.24, 2.45) is 0 Å². The minimum Gasteiger partial charge on any atom is -0.478 e. The Hall–Kier alpha value is -2.10. The summed E-state index contributed by atoms with van der Waals surface area (Å²) in [6.07, 6.45) is 4.74. The SMILES string of the molecule is CN1C(=O)Cc2cc(CC/C=C/C(=O)O)ccc21. The maximum Gasteiger partial charge on any atom is 0.327 e. The van der Waals surface area contributed by atoms with E-state index in [1.807, 2.05) is 18.2 Å². The fourth-order valence-corrected chi connectivity index (χ4v) is 2.11. The fourth-order valence-electron chi connectivity index (χ4n) is 2.11. The van der Waals surface area contributed by atoms with Crippen LogP contribution >= 0.6 is 0 Å². The lowest BCUT2D eigenvalue weighted by molar-refractivity contribution is -0.131. The van der Waals surface area contributed by atoms with Gasteiger partial charge in [0.05, 0.1) is 6.42 Å². The van der Waals surface area contributed by atoms with E-state index in [1.165, 1.54) is 0 Å². The number of carbonyl (C=O) groups is 2. The lowest BCUT2D eigenvalue weighted by Gasteiger charge is -2.10. The number of amides is 1. The quantitative estimate of drug-likeness (QED) is 0.822. The van der Waals surface area contributed by atoms with Gasteiger partial charge in [-0.3, -0.25) is 4.79 Å². The maximum atomic E-state index is 11.5. The van der Waals surface area contributed by atoms with E-state index >= 15 is 0 Å². The number of carbonyl (C=O) groups excluding carboxylic acids is 1. The molecule has 0 atom stereocenters. The van der Waals surface area contributed by atoms with E-state index in [-0.39, 0.29) is 5.91 Å². The van der Waals surface area contributed by atoms with E-state index < -0.39 is 5.97 Å². The maximum absolute atomic E-state index is 11.5. The highest BCUT2D eigenvalue weighted by Gasteiger charge is 2.23. The van der Waals surface area contributed by atoms with Gasteiger partial charge in [0.1, 0.15) is 0 Å². The van der Waals surface area contributed by atoms with Crippen molar-refractivity contribution in [1.29, 1.82) is 0 Å². The zero-order valence-corrected chi connectivity index (χ0v) is 10.2. The topological polar surface area (TPSA) is 57.6 Å². The first-order valence-corrected chi connectivity index (χ1v) is 5.86. The second-order valence-electron chi connectivity index (χ2n) is 4.37. The molecule has 18 heavy (non-hydrogen) atoms. The molecule has 1 aromatic rings. The van der Waals surface area contributed by atoms with Crippen molar-refractivity contribution in [2.45, 2.75) is 19.3 Å². The highest BCUT2D eigenvalue weighted by molar-refractivity contribution is 6.00. The summed E-state index contributed by atoms with van der Waals surface area (Å²) in [5, 5.41) is 8.47. The van der Waals surface area contributed by atoms with Gasteiger partial charge in [-0.25, -0.2) is 4.79 Å².